The number of fused-ring (bicyclic) bond motifs is 1. The Bertz CT molecular complexity index is 1750. The Kier molecular flexibility index (Phi) is 8.01. The molecule has 5 nitrogen and oxygen atoms in total. The van der Waals surface area contributed by atoms with Crippen LogP contribution in [-0.4, -0.2) is 26.9 Å². The van der Waals surface area contributed by atoms with Gasteiger partial charge in [-0.05, 0) is 65.4 Å². The van der Waals surface area contributed by atoms with E-state index in [1.807, 2.05) is 30.3 Å². The fourth-order valence-corrected chi connectivity index (χ4v) is 8.27. The summed E-state index contributed by atoms with van der Waals surface area (Å²) in [7, 11) is -4.19. The third-order valence-corrected chi connectivity index (χ3v) is 10.8. The number of nitrogens with zero attached hydrogens (tertiary/aromatic N) is 1. The average molecular weight is 619 g/mol. The SMILES string of the molecule is O=C(NCC1(c2ccccc2)CCCCC1)[C@@H]1Cc2ccccc2N1S(=O)(=O)c1ccc(-c2cccc(C(F)(F)F)c2)cc1. The highest BCUT2D eigenvalue weighted by molar-refractivity contribution is 7.93. The first-order chi connectivity index (χ1) is 21.1. The molecule has 4 aromatic carbocycles. The number of halogens is 3. The highest BCUT2D eigenvalue weighted by Crippen LogP contribution is 2.40. The van der Waals surface area contributed by atoms with Gasteiger partial charge in [0.25, 0.3) is 10.0 Å². The van der Waals surface area contributed by atoms with Gasteiger partial charge >= 0.3 is 6.18 Å². The number of amides is 1. The van der Waals surface area contributed by atoms with E-state index in [4.69, 9.17) is 0 Å². The Morgan fingerprint density at radius 1 is 0.818 bits per heavy atom. The maximum absolute atomic E-state index is 14.1. The quantitative estimate of drug-likeness (QED) is 0.233. The highest BCUT2D eigenvalue weighted by atomic mass is 32.2. The van der Waals surface area contributed by atoms with Crippen LogP contribution in [0.5, 0.6) is 0 Å². The first-order valence-corrected chi connectivity index (χ1v) is 16.3. The molecule has 228 valence electrons. The molecule has 6 rings (SSSR count). The van der Waals surface area contributed by atoms with E-state index < -0.39 is 27.8 Å². The molecule has 0 aromatic heterocycles. The van der Waals surface area contributed by atoms with Crippen LogP contribution in [0, 0.1) is 0 Å². The fourth-order valence-electron chi connectivity index (χ4n) is 6.62. The van der Waals surface area contributed by atoms with E-state index in [2.05, 4.69) is 17.4 Å². The minimum atomic E-state index is -4.49. The molecule has 1 aliphatic heterocycles. The molecule has 1 aliphatic carbocycles. The number of rotatable bonds is 7. The Morgan fingerprint density at radius 3 is 2.20 bits per heavy atom. The Labute approximate surface area is 255 Å². The molecule has 1 N–H and O–H groups in total. The van der Waals surface area contributed by atoms with Crippen molar-refractivity contribution in [3.63, 3.8) is 0 Å². The summed E-state index contributed by atoms with van der Waals surface area (Å²) in [6.07, 6.45) is 0.925. The Hall–Kier alpha value is -4.11. The lowest BCUT2D eigenvalue weighted by Crippen LogP contribution is -2.51. The van der Waals surface area contributed by atoms with Gasteiger partial charge in [-0.25, -0.2) is 8.42 Å². The second-order valence-electron chi connectivity index (χ2n) is 11.7. The van der Waals surface area contributed by atoms with Gasteiger partial charge < -0.3 is 5.32 Å². The Morgan fingerprint density at radius 2 is 1.50 bits per heavy atom. The summed E-state index contributed by atoms with van der Waals surface area (Å²) >= 11 is 0. The van der Waals surface area contributed by atoms with Crippen LogP contribution >= 0.6 is 0 Å². The van der Waals surface area contributed by atoms with Crippen LogP contribution in [0.25, 0.3) is 11.1 Å². The smallest absolute Gasteiger partial charge is 0.353 e. The minimum Gasteiger partial charge on any atom is -0.353 e. The van der Waals surface area contributed by atoms with E-state index in [0.29, 0.717) is 23.4 Å². The number of hydrogen-bond donors (Lipinski definition) is 1. The van der Waals surface area contributed by atoms with Gasteiger partial charge in [-0.1, -0.05) is 92.1 Å². The molecule has 1 fully saturated rings. The van der Waals surface area contributed by atoms with E-state index in [0.717, 1.165) is 49.8 Å². The van der Waals surface area contributed by atoms with Crippen molar-refractivity contribution in [3.8, 4) is 11.1 Å². The number of carbonyl (C=O) groups excluding carboxylic acids is 1. The van der Waals surface area contributed by atoms with E-state index in [1.165, 1.54) is 40.2 Å². The standard InChI is InChI=1S/C35H33F3N2O3S/c36-35(37,38)29-14-9-11-26(22-29)25-16-18-30(19-17-25)44(42,43)40-31-15-6-5-10-27(31)23-32(40)33(41)39-24-34(20-7-2-8-21-34)28-12-3-1-4-13-28/h1,3-6,9-19,22,32H,2,7-8,20-21,23-24H2,(H,39,41)/t32-/m0/s1. The highest BCUT2D eigenvalue weighted by Gasteiger charge is 2.43. The number of nitrogens with one attached hydrogen (secondary N) is 1. The van der Waals surface area contributed by atoms with Crippen LogP contribution < -0.4 is 9.62 Å². The minimum absolute atomic E-state index is 0.0456. The van der Waals surface area contributed by atoms with Crippen LogP contribution in [0.15, 0.2) is 108 Å². The van der Waals surface area contributed by atoms with Crippen molar-refractivity contribution in [2.45, 2.75) is 61.1 Å². The third-order valence-electron chi connectivity index (χ3n) is 8.96. The molecule has 9 heteroatoms. The van der Waals surface area contributed by atoms with Gasteiger partial charge in [0.05, 0.1) is 16.1 Å². The molecule has 1 heterocycles. The Balaban J connectivity index is 1.28. The second kappa shape index (κ2) is 11.8. The van der Waals surface area contributed by atoms with Crippen molar-refractivity contribution in [1.29, 1.82) is 0 Å². The second-order valence-corrected chi connectivity index (χ2v) is 13.5. The predicted molar refractivity (Wildman–Crippen MR) is 165 cm³/mol. The van der Waals surface area contributed by atoms with Crippen LogP contribution in [0.4, 0.5) is 18.9 Å². The van der Waals surface area contributed by atoms with Gasteiger partial charge in [0.2, 0.25) is 5.91 Å². The summed E-state index contributed by atoms with van der Waals surface area (Å²) in [5.74, 6) is -0.355. The number of sulfonamides is 1. The molecule has 0 radical (unpaired) electrons. The summed E-state index contributed by atoms with van der Waals surface area (Å²) < 4.78 is 69.2. The summed E-state index contributed by atoms with van der Waals surface area (Å²) in [5.41, 5.74) is 2.17. The van der Waals surface area contributed by atoms with Crippen molar-refractivity contribution < 1.29 is 26.4 Å². The molecule has 1 saturated carbocycles. The monoisotopic (exact) mass is 618 g/mol. The number of benzene rings is 4. The summed E-state index contributed by atoms with van der Waals surface area (Å²) in [5, 5.41) is 3.13. The van der Waals surface area contributed by atoms with Gasteiger partial charge in [0.1, 0.15) is 6.04 Å². The molecule has 4 aromatic rings. The lowest BCUT2D eigenvalue weighted by Gasteiger charge is -2.38. The lowest BCUT2D eigenvalue weighted by molar-refractivity contribution is -0.137. The van der Waals surface area contributed by atoms with Gasteiger partial charge in [-0.3, -0.25) is 9.10 Å². The molecule has 0 saturated heterocycles. The molecule has 2 aliphatic rings. The van der Waals surface area contributed by atoms with E-state index in [9.17, 15) is 26.4 Å². The van der Waals surface area contributed by atoms with E-state index >= 15 is 0 Å². The number of alkyl halides is 3. The maximum Gasteiger partial charge on any atom is 0.416 e. The topological polar surface area (TPSA) is 66.5 Å². The molecule has 1 atom stereocenters. The zero-order chi connectivity index (χ0) is 31.0. The van der Waals surface area contributed by atoms with Crippen molar-refractivity contribution in [2.75, 3.05) is 10.8 Å². The molecular formula is C35H33F3N2O3S. The van der Waals surface area contributed by atoms with Gasteiger partial charge in [-0.15, -0.1) is 0 Å². The average Bonchev–Trinajstić information content (AvgIpc) is 3.45. The largest absolute Gasteiger partial charge is 0.416 e. The first-order valence-electron chi connectivity index (χ1n) is 14.8. The maximum atomic E-state index is 14.1. The van der Waals surface area contributed by atoms with Crippen molar-refractivity contribution >= 4 is 21.6 Å². The fraction of sp³-hybridized carbons (Fsp3) is 0.286. The summed E-state index contributed by atoms with van der Waals surface area (Å²) in [4.78, 5) is 13.8. The van der Waals surface area contributed by atoms with Crippen molar-refractivity contribution in [3.05, 3.63) is 120 Å². The van der Waals surface area contributed by atoms with Crippen LogP contribution in [-0.2, 0) is 32.8 Å². The molecular weight excluding hydrogens is 585 g/mol. The first kappa shape index (κ1) is 29.9. The molecule has 0 bridgehead atoms. The van der Waals surface area contributed by atoms with Crippen LogP contribution in [0.2, 0.25) is 0 Å². The van der Waals surface area contributed by atoms with Crippen molar-refractivity contribution in [1.82, 2.24) is 5.32 Å². The molecule has 0 spiro atoms. The zero-order valence-electron chi connectivity index (χ0n) is 24.1. The summed E-state index contributed by atoms with van der Waals surface area (Å²) in [6, 6.07) is 26.9. The molecule has 0 unspecified atom stereocenters. The number of para-hydroxylation sites is 1. The zero-order valence-corrected chi connectivity index (χ0v) is 24.9. The van der Waals surface area contributed by atoms with Gasteiger partial charge in [0, 0.05) is 18.4 Å². The van der Waals surface area contributed by atoms with Gasteiger partial charge in [0.15, 0.2) is 0 Å². The lowest BCUT2D eigenvalue weighted by atomic mass is 9.69. The number of carbonyl (C=O) groups is 1. The number of anilines is 1. The van der Waals surface area contributed by atoms with E-state index in [-0.39, 0.29) is 22.6 Å². The van der Waals surface area contributed by atoms with Gasteiger partial charge in [-0.2, -0.15) is 13.2 Å². The van der Waals surface area contributed by atoms with E-state index in [1.54, 1.807) is 18.2 Å². The molecule has 44 heavy (non-hydrogen) atoms. The van der Waals surface area contributed by atoms with Crippen molar-refractivity contribution in [2.24, 2.45) is 0 Å². The number of hydrogen-bond acceptors (Lipinski definition) is 3. The normalized spacial score (nSPS) is 18.1. The summed E-state index contributed by atoms with van der Waals surface area (Å²) in [6.45, 7) is 0.419. The van der Waals surface area contributed by atoms with Crippen LogP contribution in [0.3, 0.4) is 0 Å². The van der Waals surface area contributed by atoms with Crippen LogP contribution in [0.1, 0.15) is 48.8 Å². The molecule has 1 amide bonds. The third kappa shape index (κ3) is 5.73. The predicted octanol–water partition coefficient (Wildman–Crippen LogP) is 7.51.